The Morgan fingerprint density at radius 3 is 2.63 bits per heavy atom. The fourth-order valence-electron chi connectivity index (χ4n) is 3.46. The summed E-state index contributed by atoms with van der Waals surface area (Å²) in [6.07, 6.45) is 2.29. The van der Waals surface area contributed by atoms with Gasteiger partial charge in [0.2, 0.25) is 5.91 Å². The average molecular weight is 423 g/mol. The Morgan fingerprint density at radius 1 is 1.13 bits per heavy atom. The smallest absolute Gasteiger partial charge is 0.332 e. The van der Waals surface area contributed by atoms with Crippen LogP contribution < -0.4 is 16.6 Å². The molecular weight excluding hydrogens is 400 g/mol. The minimum atomic E-state index is -0.469. The normalized spacial score (nSPS) is 11.3. The van der Waals surface area contributed by atoms with Crippen molar-refractivity contribution >= 4 is 37.7 Å². The number of rotatable bonds is 6. The fourth-order valence-corrected chi connectivity index (χ4v) is 4.55. The summed E-state index contributed by atoms with van der Waals surface area (Å²) in [6.45, 7) is 4.43. The molecule has 4 aromatic rings. The number of hydrogen-bond donors (Lipinski definition) is 1. The summed E-state index contributed by atoms with van der Waals surface area (Å²) < 4.78 is 3.06. The van der Waals surface area contributed by atoms with Crippen molar-refractivity contribution in [3.8, 4) is 0 Å². The Morgan fingerprint density at radius 2 is 1.90 bits per heavy atom. The van der Waals surface area contributed by atoms with E-state index in [1.165, 1.54) is 20.5 Å². The highest BCUT2D eigenvalue weighted by Gasteiger charge is 2.19. The molecule has 0 saturated carbocycles. The molecule has 7 nitrogen and oxygen atoms in total. The van der Waals surface area contributed by atoms with Gasteiger partial charge in [0.25, 0.3) is 5.56 Å². The summed E-state index contributed by atoms with van der Waals surface area (Å²) in [6, 6.07) is 11.5. The van der Waals surface area contributed by atoms with Crippen molar-refractivity contribution in [2.45, 2.75) is 39.9 Å². The van der Waals surface area contributed by atoms with Crippen molar-refractivity contribution in [2.75, 3.05) is 0 Å². The van der Waals surface area contributed by atoms with Gasteiger partial charge in [-0.15, -0.1) is 11.3 Å². The quantitative estimate of drug-likeness (QED) is 0.518. The lowest BCUT2D eigenvalue weighted by atomic mass is 10.1. The lowest BCUT2D eigenvalue weighted by Gasteiger charge is -2.12. The van der Waals surface area contributed by atoms with E-state index in [1.807, 2.05) is 44.2 Å². The number of fused-ring (bicyclic) bond motifs is 3. The second-order valence-corrected chi connectivity index (χ2v) is 8.22. The van der Waals surface area contributed by atoms with Crippen molar-refractivity contribution in [1.82, 2.24) is 19.4 Å². The van der Waals surface area contributed by atoms with Gasteiger partial charge < -0.3 is 5.32 Å². The molecule has 0 spiro atoms. The second kappa shape index (κ2) is 8.23. The van der Waals surface area contributed by atoms with Gasteiger partial charge in [-0.3, -0.25) is 18.7 Å². The van der Waals surface area contributed by atoms with Crippen LogP contribution in [0.2, 0.25) is 0 Å². The van der Waals surface area contributed by atoms with Crippen molar-refractivity contribution in [1.29, 1.82) is 0 Å². The largest absolute Gasteiger partial charge is 0.350 e. The number of aryl methyl sites for hydroxylation is 1. The van der Waals surface area contributed by atoms with Gasteiger partial charge in [0.1, 0.15) is 16.1 Å². The summed E-state index contributed by atoms with van der Waals surface area (Å²) in [7, 11) is 0. The molecule has 4 rings (SSSR count). The first-order valence-electron chi connectivity index (χ1n) is 9.82. The second-order valence-electron chi connectivity index (χ2n) is 7.22. The summed E-state index contributed by atoms with van der Waals surface area (Å²) >= 11 is 1.25. The zero-order chi connectivity index (χ0) is 21.3. The van der Waals surface area contributed by atoms with Gasteiger partial charge in [-0.05, 0) is 31.0 Å². The molecule has 0 bridgehead atoms. The predicted molar refractivity (Wildman–Crippen MR) is 119 cm³/mol. The number of nitrogens with zero attached hydrogens (tertiary/aromatic N) is 3. The van der Waals surface area contributed by atoms with Crippen molar-refractivity contribution in [3.05, 3.63) is 74.6 Å². The zero-order valence-electron chi connectivity index (χ0n) is 16.8. The minimum absolute atomic E-state index is 0.161. The van der Waals surface area contributed by atoms with E-state index < -0.39 is 5.69 Å². The summed E-state index contributed by atoms with van der Waals surface area (Å²) in [4.78, 5) is 43.7. The van der Waals surface area contributed by atoms with Crippen LogP contribution in [0.25, 0.3) is 20.4 Å². The Labute approximate surface area is 176 Å². The Balaban J connectivity index is 1.74. The average Bonchev–Trinajstić information content (AvgIpc) is 3.13. The van der Waals surface area contributed by atoms with E-state index in [-0.39, 0.29) is 18.0 Å². The molecule has 0 aliphatic rings. The fraction of sp³-hybridized carbons (Fsp3) is 0.273. The number of amides is 1. The summed E-state index contributed by atoms with van der Waals surface area (Å²) in [5, 5.41) is 3.58. The predicted octanol–water partition coefficient (Wildman–Crippen LogP) is 2.81. The standard InChI is InChI=1S/C22H22N4O3S/c1-3-11-25-21(28)19-18(16-5-4-10-23-20(16)30-19)26(22(25)29)13-17(27)24-12-15-8-6-14(2)7-9-15/h4-10H,3,11-13H2,1-2H3,(H,24,27). The monoisotopic (exact) mass is 422 g/mol. The van der Waals surface area contributed by atoms with Crippen molar-refractivity contribution < 1.29 is 4.79 Å². The Kier molecular flexibility index (Phi) is 5.50. The van der Waals surface area contributed by atoms with E-state index in [9.17, 15) is 14.4 Å². The van der Waals surface area contributed by atoms with Gasteiger partial charge in [0.05, 0.1) is 5.52 Å². The number of aromatic nitrogens is 3. The van der Waals surface area contributed by atoms with Crippen LogP contribution in [0.1, 0.15) is 24.5 Å². The molecule has 154 valence electrons. The van der Waals surface area contributed by atoms with E-state index in [4.69, 9.17) is 0 Å². The van der Waals surface area contributed by atoms with Gasteiger partial charge in [0.15, 0.2) is 0 Å². The van der Waals surface area contributed by atoms with Crippen LogP contribution in [0.15, 0.2) is 52.2 Å². The highest BCUT2D eigenvalue weighted by atomic mass is 32.1. The van der Waals surface area contributed by atoms with Gasteiger partial charge in [-0.2, -0.15) is 0 Å². The van der Waals surface area contributed by atoms with Gasteiger partial charge >= 0.3 is 5.69 Å². The van der Waals surface area contributed by atoms with Crippen molar-refractivity contribution in [2.24, 2.45) is 0 Å². The van der Waals surface area contributed by atoms with E-state index in [2.05, 4.69) is 10.3 Å². The number of carbonyl (C=O) groups excluding carboxylic acids is 1. The van der Waals surface area contributed by atoms with Crippen LogP contribution >= 0.6 is 11.3 Å². The topological polar surface area (TPSA) is 86.0 Å². The first kappa shape index (κ1) is 20.0. The van der Waals surface area contributed by atoms with E-state index in [0.717, 1.165) is 11.1 Å². The van der Waals surface area contributed by atoms with Crippen LogP contribution in [0.4, 0.5) is 0 Å². The molecule has 0 radical (unpaired) electrons. The van der Waals surface area contributed by atoms with Gasteiger partial charge in [-0.1, -0.05) is 36.8 Å². The Bertz CT molecular complexity index is 1350. The third kappa shape index (κ3) is 3.66. The number of pyridine rings is 1. The molecular formula is C22H22N4O3S. The summed E-state index contributed by atoms with van der Waals surface area (Å²) in [5.41, 5.74) is 1.82. The van der Waals surface area contributed by atoms with Crippen LogP contribution in [-0.4, -0.2) is 20.0 Å². The lowest BCUT2D eigenvalue weighted by Crippen LogP contribution is -2.42. The molecule has 0 saturated heterocycles. The van der Waals surface area contributed by atoms with Gasteiger partial charge in [-0.25, -0.2) is 9.78 Å². The highest BCUT2D eigenvalue weighted by Crippen LogP contribution is 2.29. The minimum Gasteiger partial charge on any atom is -0.350 e. The van der Waals surface area contributed by atoms with E-state index in [1.54, 1.807) is 12.3 Å². The van der Waals surface area contributed by atoms with Crippen LogP contribution in [0, 0.1) is 6.92 Å². The zero-order valence-corrected chi connectivity index (χ0v) is 17.7. The molecule has 0 aliphatic carbocycles. The SMILES string of the molecule is CCCn1c(=O)c2sc3ncccc3c2n(CC(=O)NCc2ccc(C)cc2)c1=O. The lowest BCUT2D eigenvalue weighted by molar-refractivity contribution is -0.121. The van der Waals surface area contributed by atoms with Crippen LogP contribution in [0.5, 0.6) is 0 Å². The van der Waals surface area contributed by atoms with Crippen LogP contribution in [0.3, 0.4) is 0 Å². The Hall–Kier alpha value is -3.26. The number of benzene rings is 1. The molecule has 1 N–H and O–H groups in total. The molecule has 30 heavy (non-hydrogen) atoms. The third-order valence-electron chi connectivity index (χ3n) is 4.97. The maximum absolute atomic E-state index is 13.1. The first-order valence-corrected chi connectivity index (χ1v) is 10.6. The molecule has 0 unspecified atom stereocenters. The molecule has 0 aliphatic heterocycles. The molecule has 3 heterocycles. The molecule has 0 atom stereocenters. The molecule has 0 fully saturated rings. The molecule has 1 amide bonds. The van der Waals surface area contributed by atoms with Gasteiger partial charge in [0, 0.05) is 24.7 Å². The number of nitrogens with one attached hydrogen (secondary N) is 1. The van der Waals surface area contributed by atoms with E-state index in [0.29, 0.717) is 39.9 Å². The third-order valence-corrected chi connectivity index (χ3v) is 6.06. The maximum Gasteiger partial charge on any atom is 0.332 e. The van der Waals surface area contributed by atoms with Crippen LogP contribution in [-0.2, 0) is 24.4 Å². The highest BCUT2D eigenvalue weighted by molar-refractivity contribution is 7.25. The first-order chi connectivity index (χ1) is 14.5. The molecule has 1 aromatic carbocycles. The van der Waals surface area contributed by atoms with E-state index >= 15 is 0 Å². The number of carbonyl (C=O) groups is 1. The summed E-state index contributed by atoms with van der Waals surface area (Å²) in [5.74, 6) is -0.288. The molecule has 8 heteroatoms. The number of thiophene rings is 1. The molecule has 3 aromatic heterocycles. The number of hydrogen-bond acceptors (Lipinski definition) is 5. The van der Waals surface area contributed by atoms with Crippen molar-refractivity contribution in [3.63, 3.8) is 0 Å². The maximum atomic E-state index is 13.1.